The number of ether oxygens (including phenoxy) is 1. The Hall–Kier alpha value is -2.74. The van der Waals surface area contributed by atoms with Crippen molar-refractivity contribution in [2.24, 2.45) is 0 Å². The Bertz CT molecular complexity index is 1080. The Balaban J connectivity index is 1.88. The maximum absolute atomic E-state index is 13.2. The average Bonchev–Trinajstić information content (AvgIpc) is 2.93. The Morgan fingerprint density at radius 1 is 1.21 bits per heavy atom. The van der Waals surface area contributed by atoms with Crippen molar-refractivity contribution in [2.75, 3.05) is 10.9 Å². The fourth-order valence-electron chi connectivity index (χ4n) is 2.84. The SMILES string of the molecule is CC1COc2ccccc2N1S(=O)(=O)c1ccc2[nH]c(=O)oc2c1. The zero-order valence-corrected chi connectivity index (χ0v) is 13.5. The second-order valence-electron chi connectivity index (χ2n) is 5.60. The molecule has 0 bridgehead atoms. The van der Waals surface area contributed by atoms with Crippen molar-refractivity contribution < 1.29 is 17.6 Å². The number of anilines is 1. The summed E-state index contributed by atoms with van der Waals surface area (Å²) in [5, 5.41) is 0. The Kier molecular flexibility index (Phi) is 3.17. The molecular formula is C16H14N2O5S. The Morgan fingerprint density at radius 3 is 2.83 bits per heavy atom. The molecule has 7 nitrogen and oxygen atoms in total. The van der Waals surface area contributed by atoms with Crippen molar-refractivity contribution in [3.63, 3.8) is 0 Å². The second kappa shape index (κ2) is 5.13. The fraction of sp³-hybridized carbons (Fsp3) is 0.188. The molecule has 0 fully saturated rings. The Labute approximate surface area is 137 Å². The van der Waals surface area contributed by atoms with E-state index in [1.165, 1.54) is 22.5 Å². The van der Waals surface area contributed by atoms with Gasteiger partial charge < -0.3 is 9.15 Å². The normalized spacial score (nSPS) is 17.5. The molecule has 0 saturated heterocycles. The molecule has 1 unspecified atom stereocenters. The van der Waals surface area contributed by atoms with Crippen LogP contribution in [0.1, 0.15) is 6.92 Å². The predicted octanol–water partition coefficient (Wildman–Crippen LogP) is 2.10. The lowest BCUT2D eigenvalue weighted by atomic mass is 10.2. The first kappa shape index (κ1) is 14.8. The molecule has 1 aliphatic heterocycles. The topological polar surface area (TPSA) is 92.6 Å². The van der Waals surface area contributed by atoms with Crippen molar-refractivity contribution in [3.8, 4) is 5.75 Å². The summed E-state index contributed by atoms with van der Waals surface area (Å²) < 4.78 is 38.2. The molecule has 1 aliphatic rings. The van der Waals surface area contributed by atoms with Crippen LogP contribution in [0.15, 0.2) is 56.6 Å². The zero-order chi connectivity index (χ0) is 16.9. The molecule has 2 aromatic carbocycles. The van der Waals surface area contributed by atoms with Gasteiger partial charge in [0.15, 0.2) is 5.58 Å². The number of nitrogens with one attached hydrogen (secondary N) is 1. The number of nitrogens with zero attached hydrogens (tertiary/aromatic N) is 1. The highest BCUT2D eigenvalue weighted by molar-refractivity contribution is 7.92. The summed E-state index contributed by atoms with van der Waals surface area (Å²) in [5.41, 5.74) is 1.15. The first-order valence-corrected chi connectivity index (χ1v) is 8.80. The monoisotopic (exact) mass is 346 g/mol. The maximum atomic E-state index is 13.2. The van der Waals surface area contributed by atoms with Crippen molar-refractivity contribution in [1.29, 1.82) is 0 Å². The number of rotatable bonds is 2. The lowest BCUT2D eigenvalue weighted by Gasteiger charge is -2.35. The molecule has 8 heteroatoms. The number of hydrogen-bond donors (Lipinski definition) is 1. The minimum atomic E-state index is -3.83. The zero-order valence-electron chi connectivity index (χ0n) is 12.7. The molecule has 1 atom stereocenters. The van der Waals surface area contributed by atoms with Crippen LogP contribution in [-0.2, 0) is 10.0 Å². The van der Waals surface area contributed by atoms with Crippen LogP contribution in [0.4, 0.5) is 5.69 Å². The molecule has 0 spiro atoms. The number of aromatic amines is 1. The van der Waals surface area contributed by atoms with E-state index < -0.39 is 15.8 Å². The standard InChI is InChI=1S/C16H14N2O5S/c1-10-9-22-14-5-3-2-4-13(14)18(10)24(20,21)11-6-7-12-15(8-11)23-16(19)17-12/h2-8,10H,9H2,1H3,(H,17,19). The van der Waals surface area contributed by atoms with Crippen LogP contribution in [0.2, 0.25) is 0 Å². The summed E-state index contributed by atoms with van der Waals surface area (Å²) in [6.07, 6.45) is 0. The smallest absolute Gasteiger partial charge is 0.417 e. The molecule has 3 aromatic rings. The van der Waals surface area contributed by atoms with Gasteiger partial charge in [0.25, 0.3) is 10.0 Å². The number of oxazole rings is 1. The molecule has 1 aromatic heterocycles. The van der Waals surface area contributed by atoms with E-state index in [1.54, 1.807) is 31.2 Å². The number of fused-ring (bicyclic) bond motifs is 2. The molecule has 1 N–H and O–H groups in total. The number of hydrogen-bond acceptors (Lipinski definition) is 5. The maximum Gasteiger partial charge on any atom is 0.417 e. The molecule has 124 valence electrons. The largest absolute Gasteiger partial charge is 0.489 e. The average molecular weight is 346 g/mol. The third-order valence-electron chi connectivity index (χ3n) is 3.93. The van der Waals surface area contributed by atoms with E-state index in [0.29, 0.717) is 17.0 Å². The van der Waals surface area contributed by atoms with Crippen molar-refractivity contribution in [3.05, 3.63) is 53.0 Å². The number of sulfonamides is 1. The van der Waals surface area contributed by atoms with Crippen LogP contribution in [0.25, 0.3) is 11.1 Å². The number of aromatic nitrogens is 1. The quantitative estimate of drug-likeness (QED) is 0.767. The van der Waals surface area contributed by atoms with Crippen molar-refractivity contribution >= 4 is 26.8 Å². The molecule has 0 amide bonds. The molecular weight excluding hydrogens is 332 g/mol. The third kappa shape index (κ3) is 2.18. The summed E-state index contributed by atoms with van der Waals surface area (Å²) in [7, 11) is -3.83. The summed E-state index contributed by atoms with van der Waals surface area (Å²) in [5.74, 6) is -0.0990. The van der Waals surface area contributed by atoms with Gasteiger partial charge in [0.1, 0.15) is 12.4 Å². The van der Waals surface area contributed by atoms with Crippen LogP contribution < -0.4 is 14.8 Å². The number of benzene rings is 2. The van der Waals surface area contributed by atoms with Gasteiger partial charge in [0.05, 0.1) is 22.1 Å². The molecule has 24 heavy (non-hydrogen) atoms. The lowest BCUT2D eigenvalue weighted by molar-refractivity contribution is 0.281. The summed E-state index contributed by atoms with van der Waals surface area (Å²) in [6, 6.07) is 11.0. The lowest BCUT2D eigenvalue weighted by Crippen LogP contribution is -2.44. The van der Waals surface area contributed by atoms with E-state index in [4.69, 9.17) is 9.15 Å². The van der Waals surface area contributed by atoms with E-state index in [0.717, 1.165) is 0 Å². The van der Waals surface area contributed by atoms with Crippen molar-refractivity contribution in [2.45, 2.75) is 17.9 Å². The minimum absolute atomic E-state index is 0.0568. The Morgan fingerprint density at radius 2 is 2.00 bits per heavy atom. The van der Waals surface area contributed by atoms with Crippen LogP contribution >= 0.6 is 0 Å². The van der Waals surface area contributed by atoms with Crippen LogP contribution in [0.5, 0.6) is 5.75 Å². The number of H-pyrrole nitrogens is 1. The fourth-order valence-corrected chi connectivity index (χ4v) is 4.51. The molecule has 0 aliphatic carbocycles. The summed E-state index contributed by atoms with van der Waals surface area (Å²) in [6.45, 7) is 2.04. The number of para-hydroxylation sites is 2. The van der Waals surface area contributed by atoms with Crippen LogP contribution in [-0.4, -0.2) is 26.1 Å². The van der Waals surface area contributed by atoms with Gasteiger partial charge in [-0.2, -0.15) is 0 Å². The molecule has 0 saturated carbocycles. The van der Waals surface area contributed by atoms with Gasteiger partial charge in [-0.25, -0.2) is 13.2 Å². The third-order valence-corrected chi connectivity index (χ3v) is 5.86. The van der Waals surface area contributed by atoms with Gasteiger partial charge in [-0.3, -0.25) is 9.29 Å². The van der Waals surface area contributed by atoms with Gasteiger partial charge in [0, 0.05) is 6.07 Å². The first-order valence-electron chi connectivity index (χ1n) is 7.36. The highest BCUT2D eigenvalue weighted by Gasteiger charge is 2.35. The van der Waals surface area contributed by atoms with E-state index in [2.05, 4.69) is 4.98 Å². The van der Waals surface area contributed by atoms with E-state index in [1.807, 2.05) is 0 Å². The predicted molar refractivity (Wildman–Crippen MR) is 87.9 cm³/mol. The molecule has 4 rings (SSSR count). The van der Waals surface area contributed by atoms with Gasteiger partial charge in [-0.15, -0.1) is 0 Å². The van der Waals surface area contributed by atoms with Gasteiger partial charge in [-0.05, 0) is 31.2 Å². The minimum Gasteiger partial charge on any atom is -0.489 e. The summed E-state index contributed by atoms with van der Waals surface area (Å²) >= 11 is 0. The van der Waals surface area contributed by atoms with Crippen LogP contribution in [0, 0.1) is 0 Å². The van der Waals surface area contributed by atoms with Crippen LogP contribution in [0.3, 0.4) is 0 Å². The first-order chi connectivity index (χ1) is 11.5. The van der Waals surface area contributed by atoms with E-state index >= 15 is 0 Å². The molecule has 0 radical (unpaired) electrons. The van der Waals surface area contributed by atoms with Gasteiger partial charge in [-0.1, -0.05) is 12.1 Å². The second-order valence-corrected chi connectivity index (χ2v) is 7.42. The molecule has 2 heterocycles. The van der Waals surface area contributed by atoms with E-state index in [9.17, 15) is 13.2 Å². The van der Waals surface area contributed by atoms with Gasteiger partial charge in [0.2, 0.25) is 0 Å². The summed E-state index contributed by atoms with van der Waals surface area (Å²) in [4.78, 5) is 13.8. The van der Waals surface area contributed by atoms with Gasteiger partial charge >= 0.3 is 5.76 Å². The van der Waals surface area contributed by atoms with E-state index in [-0.39, 0.29) is 23.1 Å². The highest BCUT2D eigenvalue weighted by Crippen LogP contribution is 2.37. The van der Waals surface area contributed by atoms with Crippen molar-refractivity contribution in [1.82, 2.24) is 4.98 Å². The highest BCUT2D eigenvalue weighted by atomic mass is 32.2.